The Morgan fingerprint density at radius 3 is 2.62 bits per heavy atom. The zero-order valence-corrected chi connectivity index (χ0v) is 12.0. The van der Waals surface area contributed by atoms with Gasteiger partial charge in [-0.05, 0) is 18.1 Å². The van der Waals surface area contributed by atoms with Gasteiger partial charge in [0, 0.05) is 24.6 Å². The molecule has 4 nitrogen and oxygen atoms in total. The highest BCUT2D eigenvalue weighted by molar-refractivity contribution is 5.75. The second-order valence-electron chi connectivity index (χ2n) is 5.28. The first-order chi connectivity index (χ1) is 10.1. The number of nitrogens with zero attached hydrogens (tertiary/aromatic N) is 1. The van der Waals surface area contributed by atoms with E-state index >= 15 is 0 Å². The van der Waals surface area contributed by atoms with E-state index in [1.54, 1.807) is 0 Å². The van der Waals surface area contributed by atoms with Gasteiger partial charge in [-0.25, -0.2) is 4.79 Å². The Kier molecular flexibility index (Phi) is 3.29. The lowest BCUT2D eigenvalue weighted by molar-refractivity contribution is 0.0610. The summed E-state index contributed by atoms with van der Waals surface area (Å²) in [4.78, 5) is 12.3. The van der Waals surface area contributed by atoms with Crippen molar-refractivity contribution in [2.75, 3.05) is 7.05 Å². The molecule has 1 N–H and O–H groups in total. The molecule has 2 aromatic carbocycles. The van der Waals surface area contributed by atoms with Crippen LogP contribution < -0.4 is 4.74 Å². The van der Waals surface area contributed by atoms with Gasteiger partial charge in [0.05, 0.1) is 0 Å². The first-order valence-corrected chi connectivity index (χ1v) is 6.88. The third-order valence-corrected chi connectivity index (χ3v) is 3.91. The van der Waals surface area contributed by atoms with E-state index in [-0.39, 0.29) is 0 Å². The first-order valence-electron chi connectivity index (χ1n) is 6.88. The van der Waals surface area contributed by atoms with E-state index < -0.39 is 12.3 Å². The van der Waals surface area contributed by atoms with E-state index in [0.29, 0.717) is 6.42 Å². The van der Waals surface area contributed by atoms with Crippen molar-refractivity contribution in [1.29, 1.82) is 0 Å². The van der Waals surface area contributed by atoms with Crippen LogP contribution in [-0.4, -0.2) is 29.4 Å². The minimum Gasteiger partial charge on any atom is -0.469 e. The number of para-hydroxylation sites is 1. The maximum Gasteiger partial charge on any atom is 0.409 e. The molecule has 1 amide bonds. The lowest BCUT2D eigenvalue weighted by atomic mass is 9.97. The van der Waals surface area contributed by atoms with Gasteiger partial charge < -0.3 is 9.84 Å². The van der Waals surface area contributed by atoms with E-state index in [0.717, 1.165) is 22.4 Å². The SMILES string of the molecule is Cc1ccccc1-c1cccc2c1OC(N(C)C(=O)O)C2. The standard InChI is InChI=1S/C17H17NO3/c1-11-6-3-4-8-13(11)14-9-5-7-12-10-15(21-16(12)14)18(2)17(19)20/h3-9,15H,10H2,1-2H3,(H,19,20). The number of benzene rings is 2. The fourth-order valence-electron chi connectivity index (χ4n) is 2.68. The molecule has 1 unspecified atom stereocenters. The zero-order valence-electron chi connectivity index (χ0n) is 12.0. The number of likely N-dealkylation sites (N-methyl/N-ethyl adjacent to an activating group) is 1. The third kappa shape index (κ3) is 2.33. The predicted octanol–water partition coefficient (Wildman–Crippen LogP) is 3.53. The molecule has 0 bridgehead atoms. The molecule has 1 aliphatic rings. The van der Waals surface area contributed by atoms with E-state index in [1.807, 2.05) is 30.3 Å². The molecule has 1 heterocycles. The van der Waals surface area contributed by atoms with Crippen LogP contribution in [0.2, 0.25) is 0 Å². The largest absolute Gasteiger partial charge is 0.469 e. The Morgan fingerprint density at radius 2 is 1.90 bits per heavy atom. The molecule has 108 valence electrons. The number of fused-ring (bicyclic) bond motifs is 1. The topological polar surface area (TPSA) is 49.8 Å². The lowest BCUT2D eigenvalue weighted by Crippen LogP contribution is -2.38. The van der Waals surface area contributed by atoms with Crippen molar-refractivity contribution < 1.29 is 14.6 Å². The summed E-state index contributed by atoms with van der Waals surface area (Å²) in [5, 5.41) is 9.10. The summed E-state index contributed by atoms with van der Waals surface area (Å²) in [5.41, 5.74) is 4.36. The van der Waals surface area contributed by atoms with Crippen LogP contribution >= 0.6 is 0 Å². The fraction of sp³-hybridized carbons (Fsp3) is 0.235. The lowest BCUT2D eigenvalue weighted by Gasteiger charge is -2.21. The average Bonchev–Trinajstić information content (AvgIpc) is 2.90. The molecule has 0 saturated heterocycles. The van der Waals surface area contributed by atoms with Crippen LogP contribution in [0.1, 0.15) is 11.1 Å². The second kappa shape index (κ2) is 5.13. The van der Waals surface area contributed by atoms with Gasteiger partial charge in [0.1, 0.15) is 5.75 Å². The summed E-state index contributed by atoms with van der Waals surface area (Å²) < 4.78 is 5.92. The zero-order chi connectivity index (χ0) is 15.0. The van der Waals surface area contributed by atoms with Crippen LogP contribution in [0.3, 0.4) is 0 Å². The highest BCUT2D eigenvalue weighted by Crippen LogP contribution is 2.40. The van der Waals surface area contributed by atoms with E-state index in [2.05, 4.69) is 19.1 Å². The molecule has 0 aromatic heterocycles. The molecule has 0 spiro atoms. The molecule has 4 heteroatoms. The number of ether oxygens (including phenoxy) is 1. The summed E-state index contributed by atoms with van der Waals surface area (Å²) in [6.45, 7) is 2.06. The maximum absolute atomic E-state index is 11.1. The number of amides is 1. The van der Waals surface area contributed by atoms with Gasteiger partial charge in [0.2, 0.25) is 0 Å². The Balaban J connectivity index is 2.01. The third-order valence-electron chi connectivity index (χ3n) is 3.91. The fourth-order valence-corrected chi connectivity index (χ4v) is 2.68. The van der Waals surface area contributed by atoms with Crippen LogP contribution in [0, 0.1) is 6.92 Å². The number of hydrogen-bond acceptors (Lipinski definition) is 2. The van der Waals surface area contributed by atoms with Crippen molar-refractivity contribution in [2.24, 2.45) is 0 Å². The monoisotopic (exact) mass is 283 g/mol. The summed E-state index contributed by atoms with van der Waals surface area (Å²) >= 11 is 0. The maximum atomic E-state index is 11.1. The van der Waals surface area contributed by atoms with Gasteiger partial charge >= 0.3 is 6.09 Å². The number of aryl methyl sites for hydroxylation is 1. The normalized spacial score (nSPS) is 16.2. The first kappa shape index (κ1) is 13.5. The summed E-state index contributed by atoms with van der Waals surface area (Å²) in [6.07, 6.45) is -0.856. The molecule has 2 aromatic rings. The van der Waals surface area contributed by atoms with Crippen molar-refractivity contribution in [1.82, 2.24) is 4.90 Å². The predicted molar refractivity (Wildman–Crippen MR) is 80.5 cm³/mol. The number of carboxylic acid groups (broad SMARTS) is 1. The van der Waals surface area contributed by atoms with Crippen molar-refractivity contribution in [3.63, 3.8) is 0 Å². The van der Waals surface area contributed by atoms with Crippen LogP contribution in [0.4, 0.5) is 4.79 Å². The number of rotatable bonds is 2. The Labute approximate surface area is 123 Å². The van der Waals surface area contributed by atoms with Crippen molar-refractivity contribution >= 4 is 6.09 Å². The quantitative estimate of drug-likeness (QED) is 0.917. The molecular formula is C17H17NO3. The Bertz CT molecular complexity index is 696. The molecule has 3 rings (SSSR count). The van der Waals surface area contributed by atoms with Gasteiger partial charge in [-0.1, -0.05) is 42.5 Å². The molecular weight excluding hydrogens is 266 g/mol. The Morgan fingerprint density at radius 1 is 1.19 bits per heavy atom. The highest BCUT2D eigenvalue weighted by atomic mass is 16.5. The molecule has 0 radical (unpaired) electrons. The van der Waals surface area contributed by atoms with Crippen LogP contribution in [0.25, 0.3) is 11.1 Å². The molecule has 0 saturated carbocycles. The van der Waals surface area contributed by atoms with E-state index in [4.69, 9.17) is 9.84 Å². The van der Waals surface area contributed by atoms with Crippen molar-refractivity contribution in [3.05, 3.63) is 53.6 Å². The number of carbonyl (C=O) groups is 1. The molecule has 21 heavy (non-hydrogen) atoms. The van der Waals surface area contributed by atoms with Crippen molar-refractivity contribution in [2.45, 2.75) is 19.6 Å². The molecule has 1 atom stereocenters. The number of hydrogen-bond donors (Lipinski definition) is 1. The van der Waals surface area contributed by atoms with Gasteiger partial charge in [0.15, 0.2) is 6.23 Å². The summed E-state index contributed by atoms with van der Waals surface area (Å²) in [6, 6.07) is 14.1. The van der Waals surface area contributed by atoms with Crippen LogP contribution in [0.15, 0.2) is 42.5 Å². The molecule has 0 fully saturated rings. The van der Waals surface area contributed by atoms with Gasteiger partial charge in [-0.15, -0.1) is 0 Å². The van der Waals surface area contributed by atoms with Gasteiger partial charge in [-0.2, -0.15) is 0 Å². The highest BCUT2D eigenvalue weighted by Gasteiger charge is 2.30. The second-order valence-corrected chi connectivity index (χ2v) is 5.28. The minimum absolute atomic E-state index is 0.456. The average molecular weight is 283 g/mol. The Hall–Kier alpha value is -2.49. The minimum atomic E-state index is -0.981. The van der Waals surface area contributed by atoms with Crippen molar-refractivity contribution in [3.8, 4) is 16.9 Å². The summed E-state index contributed by atoms with van der Waals surface area (Å²) in [7, 11) is 1.53. The van der Waals surface area contributed by atoms with Gasteiger partial charge in [-0.3, -0.25) is 4.90 Å². The smallest absolute Gasteiger partial charge is 0.409 e. The molecule has 0 aliphatic carbocycles. The van der Waals surface area contributed by atoms with Gasteiger partial charge in [0.25, 0.3) is 0 Å². The summed E-state index contributed by atoms with van der Waals surface area (Å²) in [5.74, 6) is 0.796. The molecule has 1 aliphatic heterocycles. The van der Waals surface area contributed by atoms with E-state index in [1.165, 1.54) is 17.5 Å². The van der Waals surface area contributed by atoms with Crippen LogP contribution in [0.5, 0.6) is 5.75 Å². The van der Waals surface area contributed by atoms with Crippen LogP contribution in [-0.2, 0) is 6.42 Å². The van der Waals surface area contributed by atoms with E-state index in [9.17, 15) is 4.79 Å².